The fourth-order valence-electron chi connectivity index (χ4n) is 2.62. The number of aromatic amines is 1. The zero-order valence-electron chi connectivity index (χ0n) is 13.2. The first kappa shape index (κ1) is 16.1. The van der Waals surface area contributed by atoms with Crippen molar-refractivity contribution in [3.8, 4) is 0 Å². The lowest BCUT2D eigenvalue weighted by molar-refractivity contribution is 0.0994. The highest BCUT2D eigenvalue weighted by Crippen LogP contribution is 2.26. The molecule has 2 heterocycles. The Balaban J connectivity index is 1.60. The number of nitrogens with one attached hydrogen (secondary N) is 1. The van der Waals surface area contributed by atoms with Crippen molar-refractivity contribution in [2.75, 3.05) is 0 Å². The highest BCUT2D eigenvalue weighted by Gasteiger charge is 2.19. The fourth-order valence-corrected chi connectivity index (χ4v) is 3.53. The number of rotatable bonds is 4. The summed E-state index contributed by atoms with van der Waals surface area (Å²) in [6.45, 7) is 1.83. The number of thioether (sulfide) groups is 1. The van der Waals surface area contributed by atoms with E-state index in [0.29, 0.717) is 21.4 Å². The molecule has 4 aromatic rings. The van der Waals surface area contributed by atoms with Crippen molar-refractivity contribution in [1.29, 1.82) is 0 Å². The number of fused-ring (bicyclic) bond motifs is 3. The summed E-state index contributed by atoms with van der Waals surface area (Å²) in [6, 6.07) is 14.7. The largest absolute Gasteiger partial charge is 0.338 e. The molecular weight excluding hydrogens is 356 g/mol. The van der Waals surface area contributed by atoms with Gasteiger partial charge in [0.05, 0.1) is 5.25 Å². The van der Waals surface area contributed by atoms with E-state index in [1.807, 2.05) is 31.2 Å². The van der Waals surface area contributed by atoms with Crippen molar-refractivity contribution in [2.45, 2.75) is 17.3 Å². The van der Waals surface area contributed by atoms with Crippen molar-refractivity contribution in [2.24, 2.45) is 0 Å². The van der Waals surface area contributed by atoms with Crippen LogP contribution in [-0.4, -0.2) is 31.2 Å². The summed E-state index contributed by atoms with van der Waals surface area (Å²) in [6.07, 6.45) is 0. The number of hydrogen-bond acceptors (Lipinski definition) is 5. The third-order valence-electron chi connectivity index (χ3n) is 3.88. The minimum atomic E-state index is -0.329. The van der Waals surface area contributed by atoms with Crippen LogP contribution in [0.3, 0.4) is 0 Å². The van der Waals surface area contributed by atoms with Crippen molar-refractivity contribution < 1.29 is 4.79 Å². The Morgan fingerprint density at radius 2 is 1.88 bits per heavy atom. The van der Waals surface area contributed by atoms with E-state index in [9.17, 15) is 4.79 Å². The second kappa shape index (κ2) is 6.46. The minimum absolute atomic E-state index is 0.00186. The third kappa shape index (κ3) is 3.10. The van der Waals surface area contributed by atoms with E-state index in [1.165, 1.54) is 11.8 Å². The number of ketones is 1. The first-order valence-corrected chi connectivity index (χ1v) is 8.95. The van der Waals surface area contributed by atoms with Crippen molar-refractivity contribution in [3.05, 3.63) is 59.1 Å². The maximum absolute atomic E-state index is 12.5. The Hall–Kier alpha value is -2.44. The molecule has 0 bridgehead atoms. The smallest absolute Gasteiger partial charge is 0.211 e. The molecule has 0 aliphatic heterocycles. The molecular formula is C18H13ClN4OS. The van der Waals surface area contributed by atoms with Crippen LogP contribution in [0.2, 0.25) is 5.02 Å². The highest BCUT2D eigenvalue weighted by molar-refractivity contribution is 8.00. The van der Waals surface area contributed by atoms with Gasteiger partial charge in [-0.25, -0.2) is 4.98 Å². The van der Waals surface area contributed by atoms with Crippen molar-refractivity contribution >= 4 is 51.2 Å². The topological polar surface area (TPSA) is 71.5 Å². The van der Waals surface area contributed by atoms with Gasteiger partial charge in [-0.2, -0.15) is 0 Å². The molecule has 0 spiro atoms. The number of carbonyl (C=O) groups excluding carboxylic acids is 1. The number of Topliss-reactive ketones (excluding diaryl/α,β-unsaturated/α-hetero) is 1. The van der Waals surface area contributed by atoms with Gasteiger partial charge in [0.15, 0.2) is 11.4 Å². The Morgan fingerprint density at radius 3 is 2.68 bits per heavy atom. The SMILES string of the molecule is C[C@H](Sc1nnc2c(n1)[nH]c1ccccc12)C(=O)c1ccc(Cl)cc1. The van der Waals surface area contributed by atoms with E-state index in [0.717, 1.165) is 16.4 Å². The molecule has 0 fully saturated rings. The highest BCUT2D eigenvalue weighted by atomic mass is 35.5. The summed E-state index contributed by atoms with van der Waals surface area (Å²) < 4.78 is 0. The van der Waals surface area contributed by atoms with Crippen LogP contribution in [0.25, 0.3) is 22.1 Å². The molecule has 0 saturated heterocycles. The monoisotopic (exact) mass is 368 g/mol. The number of para-hydroxylation sites is 1. The van der Waals surface area contributed by atoms with E-state index in [2.05, 4.69) is 20.2 Å². The van der Waals surface area contributed by atoms with E-state index in [4.69, 9.17) is 11.6 Å². The number of benzene rings is 2. The second-order valence-corrected chi connectivity index (χ2v) is 7.34. The van der Waals surface area contributed by atoms with Gasteiger partial charge < -0.3 is 4.98 Å². The molecule has 0 unspecified atom stereocenters. The van der Waals surface area contributed by atoms with Crippen LogP contribution in [0.5, 0.6) is 0 Å². The van der Waals surface area contributed by atoms with Crippen LogP contribution in [0.4, 0.5) is 0 Å². The van der Waals surface area contributed by atoms with E-state index in [-0.39, 0.29) is 11.0 Å². The first-order chi connectivity index (χ1) is 12.1. The molecule has 2 aromatic heterocycles. The van der Waals surface area contributed by atoms with Gasteiger partial charge in [0.1, 0.15) is 5.52 Å². The molecule has 0 aliphatic carbocycles. The molecule has 124 valence electrons. The van der Waals surface area contributed by atoms with Gasteiger partial charge in [-0.1, -0.05) is 41.6 Å². The van der Waals surface area contributed by atoms with Crippen LogP contribution >= 0.6 is 23.4 Å². The molecule has 0 radical (unpaired) electrons. The van der Waals surface area contributed by atoms with Gasteiger partial charge >= 0.3 is 0 Å². The quantitative estimate of drug-likeness (QED) is 0.423. The molecule has 7 heteroatoms. The van der Waals surface area contributed by atoms with Gasteiger partial charge in [0, 0.05) is 21.5 Å². The van der Waals surface area contributed by atoms with Gasteiger partial charge in [-0.05, 0) is 37.3 Å². The normalized spacial score (nSPS) is 12.6. The van der Waals surface area contributed by atoms with Gasteiger partial charge in [-0.3, -0.25) is 4.79 Å². The van der Waals surface area contributed by atoms with Crippen LogP contribution in [0, 0.1) is 0 Å². The number of H-pyrrole nitrogens is 1. The summed E-state index contributed by atoms with van der Waals surface area (Å²) in [5.74, 6) is 0.00186. The van der Waals surface area contributed by atoms with Crippen molar-refractivity contribution in [1.82, 2.24) is 20.2 Å². The van der Waals surface area contributed by atoms with E-state index in [1.54, 1.807) is 24.3 Å². The maximum atomic E-state index is 12.5. The molecule has 25 heavy (non-hydrogen) atoms. The number of carbonyl (C=O) groups is 1. The van der Waals surface area contributed by atoms with Crippen LogP contribution < -0.4 is 0 Å². The molecule has 1 N–H and O–H groups in total. The molecule has 0 aliphatic rings. The van der Waals surface area contributed by atoms with Crippen LogP contribution in [-0.2, 0) is 0 Å². The average Bonchev–Trinajstić information content (AvgIpc) is 2.99. The van der Waals surface area contributed by atoms with Crippen LogP contribution in [0.1, 0.15) is 17.3 Å². The van der Waals surface area contributed by atoms with E-state index >= 15 is 0 Å². The number of halogens is 1. The predicted molar refractivity (Wildman–Crippen MR) is 100 cm³/mol. The lowest BCUT2D eigenvalue weighted by atomic mass is 10.1. The summed E-state index contributed by atoms with van der Waals surface area (Å²) in [7, 11) is 0. The van der Waals surface area contributed by atoms with Gasteiger partial charge in [-0.15, -0.1) is 10.2 Å². The zero-order chi connectivity index (χ0) is 17.4. The van der Waals surface area contributed by atoms with E-state index < -0.39 is 0 Å². The fraction of sp³-hybridized carbons (Fsp3) is 0.111. The Kier molecular flexibility index (Phi) is 4.15. The first-order valence-electron chi connectivity index (χ1n) is 7.69. The molecule has 0 amide bonds. The molecule has 1 atom stereocenters. The predicted octanol–water partition coefficient (Wildman–Crippen LogP) is 4.52. The third-order valence-corrected chi connectivity index (χ3v) is 5.09. The second-order valence-electron chi connectivity index (χ2n) is 5.59. The van der Waals surface area contributed by atoms with Gasteiger partial charge in [0.2, 0.25) is 5.16 Å². The average molecular weight is 369 g/mol. The Morgan fingerprint density at radius 1 is 1.12 bits per heavy atom. The summed E-state index contributed by atoms with van der Waals surface area (Å²) in [5, 5.41) is 10.2. The summed E-state index contributed by atoms with van der Waals surface area (Å²) in [5.41, 5.74) is 2.98. The lowest BCUT2D eigenvalue weighted by Crippen LogP contribution is -2.14. The Bertz CT molecular complexity index is 1080. The maximum Gasteiger partial charge on any atom is 0.211 e. The summed E-state index contributed by atoms with van der Waals surface area (Å²) in [4.78, 5) is 20.3. The zero-order valence-corrected chi connectivity index (χ0v) is 14.8. The molecule has 5 nitrogen and oxygen atoms in total. The Labute approximate surface area is 152 Å². The van der Waals surface area contributed by atoms with Gasteiger partial charge in [0.25, 0.3) is 0 Å². The molecule has 2 aromatic carbocycles. The summed E-state index contributed by atoms with van der Waals surface area (Å²) >= 11 is 7.15. The lowest BCUT2D eigenvalue weighted by Gasteiger charge is -2.08. The molecule has 4 rings (SSSR count). The minimum Gasteiger partial charge on any atom is -0.338 e. The number of hydrogen-bond donors (Lipinski definition) is 1. The number of aromatic nitrogens is 4. The molecule has 0 saturated carbocycles. The van der Waals surface area contributed by atoms with Crippen LogP contribution in [0.15, 0.2) is 53.7 Å². The standard InChI is InChI=1S/C18H13ClN4OS/c1-10(16(24)11-6-8-12(19)9-7-11)25-18-21-17-15(22-23-18)13-4-2-3-5-14(13)20-17/h2-10H,1H3,(H,20,21,23)/t10-/m0/s1. The van der Waals surface area contributed by atoms with Crippen molar-refractivity contribution in [3.63, 3.8) is 0 Å². The number of nitrogens with zero attached hydrogens (tertiary/aromatic N) is 3.